The van der Waals surface area contributed by atoms with Crippen molar-refractivity contribution < 1.29 is 4.11 Å². The van der Waals surface area contributed by atoms with E-state index in [0.29, 0.717) is 0 Å². The molecule has 0 saturated carbocycles. The molecule has 0 fully saturated rings. The molecule has 2 N–H and O–H groups in total. The first-order valence-electron chi connectivity index (χ1n) is 3.59. The average molecular weight is 112 g/mol. The molecule has 3 nitrogen and oxygen atoms in total. The Balaban J connectivity index is 3.06. The van der Waals surface area contributed by atoms with Gasteiger partial charge in [-0.05, 0) is 12.9 Å². The molecule has 1 rings (SSSR count). The Morgan fingerprint density at radius 3 is 3.25 bits per heavy atom. The van der Waals surface area contributed by atoms with E-state index in [1.165, 1.54) is 12.3 Å². The van der Waals surface area contributed by atoms with Gasteiger partial charge in [0.15, 0.2) is 0 Å². The normalized spacial score (nSPS) is 16.2. The highest BCUT2D eigenvalue weighted by molar-refractivity contribution is 5.15. The summed E-state index contributed by atoms with van der Waals surface area (Å²) in [5.74, 6) is -0.0152. The molecule has 1 aromatic heterocycles. The molecule has 0 saturated heterocycles. The van der Waals surface area contributed by atoms with E-state index in [9.17, 15) is 0 Å². The Bertz CT molecular complexity index is 257. The number of nitrogens with two attached hydrogens (primary N) is 1. The van der Waals surface area contributed by atoms with Crippen LogP contribution in [0.3, 0.4) is 0 Å². The quantitative estimate of drug-likeness (QED) is 0.527. The molecule has 0 amide bonds. The molecule has 0 spiro atoms. The number of aromatic nitrogens is 2. The fraction of sp³-hybridized carbons (Fsp3) is 0.200. The van der Waals surface area contributed by atoms with Gasteiger partial charge in [0.1, 0.15) is 0 Å². The summed E-state index contributed by atoms with van der Waals surface area (Å²) in [6, 6.07) is 1.32. The van der Waals surface area contributed by atoms with Crippen molar-refractivity contribution in [1.82, 2.24) is 9.97 Å². The van der Waals surface area contributed by atoms with E-state index in [1.54, 1.807) is 0 Å². The molecular formula is C5H7N3. The van der Waals surface area contributed by atoms with E-state index in [-0.39, 0.29) is 11.6 Å². The van der Waals surface area contributed by atoms with Crippen molar-refractivity contribution in [3.63, 3.8) is 0 Å². The Labute approximate surface area is 51.8 Å². The van der Waals surface area contributed by atoms with Crippen LogP contribution < -0.4 is 5.73 Å². The topological polar surface area (TPSA) is 51.8 Å². The fourth-order valence-electron chi connectivity index (χ4n) is 0.374. The van der Waals surface area contributed by atoms with Crippen LogP contribution in [0.4, 0.5) is 5.95 Å². The lowest BCUT2D eigenvalue weighted by atomic mass is 10.5. The van der Waals surface area contributed by atoms with Crippen LogP contribution in [0.15, 0.2) is 12.3 Å². The van der Waals surface area contributed by atoms with Gasteiger partial charge in [-0.15, -0.1) is 0 Å². The van der Waals surface area contributed by atoms with E-state index in [2.05, 4.69) is 9.97 Å². The van der Waals surface area contributed by atoms with Crippen LogP contribution in [-0.4, -0.2) is 9.97 Å². The van der Waals surface area contributed by atoms with Crippen LogP contribution in [0.5, 0.6) is 0 Å². The van der Waals surface area contributed by atoms with Gasteiger partial charge in [-0.2, -0.15) is 0 Å². The second-order valence-corrected chi connectivity index (χ2v) is 1.30. The minimum atomic E-state index is -2.20. The van der Waals surface area contributed by atoms with Crippen LogP contribution in [0.1, 0.15) is 9.81 Å². The predicted molar refractivity (Wildman–Crippen MR) is 31.2 cm³/mol. The summed E-state index contributed by atoms with van der Waals surface area (Å²) < 4.78 is 20.9. The lowest BCUT2D eigenvalue weighted by Crippen LogP contribution is -1.93. The Morgan fingerprint density at radius 1 is 1.88 bits per heavy atom. The van der Waals surface area contributed by atoms with Gasteiger partial charge in [0.2, 0.25) is 5.95 Å². The van der Waals surface area contributed by atoms with Gasteiger partial charge in [0.05, 0.1) is 0 Å². The molecule has 1 heterocycles. The first-order valence-corrected chi connectivity index (χ1v) is 2.09. The molecule has 0 aliphatic rings. The van der Waals surface area contributed by atoms with E-state index >= 15 is 0 Å². The maximum Gasteiger partial charge on any atom is 0.220 e. The van der Waals surface area contributed by atoms with Crippen LogP contribution in [0.25, 0.3) is 0 Å². The second-order valence-electron chi connectivity index (χ2n) is 1.30. The van der Waals surface area contributed by atoms with Gasteiger partial charge in [-0.1, -0.05) is 0 Å². The number of hydrogen-bond acceptors (Lipinski definition) is 3. The molecule has 0 aliphatic carbocycles. The number of anilines is 1. The molecule has 8 heavy (non-hydrogen) atoms. The third kappa shape index (κ3) is 0.932. The summed E-state index contributed by atoms with van der Waals surface area (Å²) in [5, 5.41) is 0. The molecule has 42 valence electrons. The van der Waals surface area contributed by atoms with Crippen LogP contribution in [0.2, 0.25) is 0 Å². The number of aryl methyl sites for hydroxylation is 1. The van der Waals surface area contributed by atoms with Crippen molar-refractivity contribution in [2.75, 3.05) is 5.73 Å². The predicted octanol–water partition coefficient (Wildman–Crippen LogP) is 0.367. The Kier molecular flexibility index (Phi) is 0.541. The van der Waals surface area contributed by atoms with Gasteiger partial charge in [0, 0.05) is 16.0 Å². The third-order valence-electron chi connectivity index (χ3n) is 0.674. The fourth-order valence-corrected chi connectivity index (χ4v) is 0.374. The van der Waals surface area contributed by atoms with Gasteiger partial charge in [0.25, 0.3) is 0 Å². The van der Waals surface area contributed by atoms with Gasteiger partial charge in [-0.3, -0.25) is 0 Å². The first-order chi connectivity index (χ1) is 5.00. The molecule has 0 bridgehead atoms. The minimum absolute atomic E-state index is 0.0152. The highest BCUT2D eigenvalue weighted by Crippen LogP contribution is 1.91. The monoisotopic (exact) mass is 112 g/mol. The third-order valence-corrected chi connectivity index (χ3v) is 0.674. The highest BCUT2D eigenvalue weighted by atomic mass is 15.0. The van der Waals surface area contributed by atoms with Gasteiger partial charge < -0.3 is 5.73 Å². The van der Waals surface area contributed by atoms with Crippen LogP contribution >= 0.6 is 0 Å². The Hall–Kier alpha value is -1.12. The number of hydrogen-bond donors (Lipinski definition) is 1. The zero-order chi connectivity index (χ0) is 8.48. The molecule has 0 radical (unpaired) electrons. The van der Waals surface area contributed by atoms with E-state index < -0.39 is 6.85 Å². The zero-order valence-electron chi connectivity index (χ0n) is 7.13. The molecule has 0 unspecified atom stereocenters. The van der Waals surface area contributed by atoms with Crippen molar-refractivity contribution in [3.05, 3.63) is 18.0 Å². The second kappa shape index (κ2) is 1.78. The van der Waals surface area contributed by atoms with Crippen molar-refractivity contribution >= 4 is 5.95 Å². The zero-order valence-corrected chi connectivity index (χ0v) is 4.13. The Morgan fingerprint density at radius 2 is 2.75 bits per heavy atom. The maximum absolute atomic E-state index is 6.96. The van der Waals surface area contributed by atoms with Crippen molar-refractivity contribution in [2.45, 2.75) is 6.85 Å². The van der Waals surface area contributed by atoms with Crippen LogP contribution in [-0.2, 0) is 0 Å². The number of nitrogen functional groups attached to an aromatic ring is 1. The molecule has 3 heteroatoms. The number of nitrogens with zero attached hydrogens (tertiary/aromatic N) is 2. The largest absolute Gasteiger partial charge is 0.368 e. The SMILES string of the molecule is [2H]C([2H])([2H])c1ccnc(N)n1. The smallest absolute Gasteiger partial charge is 0.220 e. The van der Waals surface area contributed by atoms with E-state index in [4.69, 9.17) is 9.85 Å². The van der Waals surface area contributed by atoms with E-state index in [1.807, 2.05) is 0 Å². The summed E-state index contributed by atoms with van der Waals surface area (Å²) in [5.41, 5.74) is 5.16. The molecule has 1 aromatic rings. The summed E-state index contributed by atoms with van der Waals surface area (Å²) in [6.07, 6.45) is 1.32. The van der Waals surface area contributed by atoms with Crippen molar-refractivity contribution in [2.24, 2.45) is 0 Å². The first kappa shape index (κ1) is 2.44. The molecule has 0 atom stereocenters. The molecular weight excluding hydrogens is 102 g/mol. The standard InChI is InChI=1S/C5H7N3/c1-4-2-3-7-5(6)8-4/h2-3H,1H3,(H2,6,7,8)/i1D3. The highest BCUT2D eigenvalue weighted by Gasteiger charge is 1.84. The lowest BCUT2D eigenvalue weighted by molar-refractivity contribution is 1.12. The molecule has 0 aliphatic heterocycles. The minimum Gasteiger partial charge on any atom is -0.368 e. The van der Waals surface area contributed by atoms with Gasteiger partial charge >= 0.3 is 0 Å². The van der Waals surface area contributed by atoms with Crippen LogP contribution in [0, 0.1) is 6.85 Å². The summed E-state index contributed by atoms with van der Waals surface area (Å²) in [7, 11) is 0. The van der Waals surface area contributed by atoms with Gasteiger partial charge in [-0.25, -0.2) is 9.97 Å². The average Bonchev–Trinajstić information content (AvgIpc) is 1.86. The lowest BCUT2D eigenvalue weighted by Gasteiger charge is -1.89. The maximum atomic E-state index is 6.96. The molecule has 0 aromatic carbocycles. The van der Waals surface area contributed by atoms with Crippen molar-refractivity contribution in [3.8, 4) is 0 Å². The number of rotatable bonds is 0. The summed E-state index contributed by atoms with van der Waals surface area (Å²) in [6.45, 7) is -2.20. The summed E-state index contributed by atoms with van der Waals surface area (Å²) >= 11 is 0. The van der Waals surface area contributed by atoms with Crippen molar-refractivity contribution in [1.29, 1.82) is 0 Å². The summed E-state index contributed by atoms with van der Waals surface area (Å²) in [4.78, 5) is 7.12. The van der Waals surface area contributed by atoms with E-state index in [0.717, 1.165) is 0 Å².